The van der Waals surface area contributed by atoms with Gasteiger partial charge in [0.2, 0.25) is 0 Å². The second kappa shape index (κ2) is 17.4. The van der Waals surface area contributed by atoms with Gasteiger partial charge in [-0.05, 0) is 77.0 Å². The minimum absolute atomic E-state index is 0.202. The molecule has 21 heteroatoms. The van der Waals surface area contributed by atoms with Crippen LogP contribution < -0.4 is 10.6 Å². The first-order valence-corrected chi connectivity index (χ1v) is 22.3. The van der Waals surface area contributed by atoms with Crippen LogP contribution in [0.2, 0.25) is 0 Å². The summed E-state index contributed by atoms with van der Waals surface area (Å²) in [4.78, 5) is 33.0. The molecule has 1 aliphatic heterocycles. The largest absolute Gasteiger partial charge is 0.445 e. The number of amides is 1. The first-order valence-electron chi connectivity index (χ1n) is 19.0. The van der Waals surface area contributed by atoms with Crippen molar-refractivity contribution in [3.8, 4) is 22.5 Å². The summed E-state index contributed by atoms with van der Waals surface area (Å²) < 4.78 is 22.5. The van der Waals surface area contributed by atoms with Crippen molar-refractivity contribution in [1.29, 1.82) is 0 Å². The lowest BCUT2D eigenvalue weighted by Crippen LogP contribution is -2.29. The highest BCUT2D eigenvalue weighted by Gasteiger charge is 2.29. The molecule has 17 nitrogen and oxygen atoms in total. The number of aryl methyl sites for hydroxylation is 4. The molecule has 61 heavy (non-hydrogen) atoms. The number of nitrogens with zero attached hydrogens (tertiary/aromatic N) is 13. The van der Waals surface area contributed by atoms with Gasteiger partial charge in [0.25, 0.3) is 0 Å². The zero-order valence-electron chi connectivity index (χ0n) is 33.3. The van der Waals surface area contributed by atoms with Crippen molar-refractivity contribution in [3.63, 3.8) is 0 Å². The highest BCUT2D eigenvalue weighted by molar-refractivity contribution is 9.10. The van der Waals surface area contributed by atoms with E-state index in [0.717, 1.165) is 76.8 Å². The summed E-state index contributed by atoms with van der Waals surface area (Å²) in [6.45, 7) is 5.46. The number of imidazole rings is 2. The van der Waals surface area contributed by atoms with Crippen LogP contribution in [0.15, 0.2) is 102 Å². The van der Waals surface area contributed by atoms with Crippen molar-refractivity contribution in [1.82, 2.24) is 61.9 Å². The van der Waals surface area contributed by atoms with Gasteiger partial charge in [-0.2, -0.15) is 18.9 Å². The van der Waals surface area contributed by atoms with E-state index >= 15 is 0 Å². The lowest BCUT2D eigenvalue weighted by atomic mass is 10.2. The number of likely N-dealkylation sites (tertiary alicyclic amines) is 1. The maximum Gasteiger partial charge on any atom is 0.410 e. The summed E-state index contributed by atoms with van der Waals surface area (Å²) in [7, 11) is 3.79. The van der Waals surface area contributed by atoms with Gasteiger partial charge in [-0.1, -0.05) is 42.1 Å². The molecule has 0 bridgehead atoms. The lowest BCUT2D eigenvalue weighted by Gasteiger charge is -2.16. The maximum absolute atomic E-state index is 12.7. The zero-order valence-corrected chi connectivity index (χ0v) is 37.3. The highest BCUT2D eigenvalue weighted by atomic mass is 79.9. The van der Waals surface area contributed by atoms with Crippen molar-refractivity contribution in [3.05, 3.63) is 114 Å². The van der Waals surface area contributed by atoms with Gasteiger partial charge < -0.3 is 20.3 Å². The molecule has 2 N–H and O–H groups in total. The molecule has 310 valence electrons. The Kier molecular flexibility index (Phi) is 11.5. The fourth-order valence-electron chi connectivity index (χ4n) is 6.73. The van der Waals surface area contributed by atoms with Crippen molar-refractivity contribution < 1.29 is 9.53 Å². The normalized spacial score (nSPS) is 13.8. The van der Waals surface area contributed by atoms with Crippen molar-refractivity contribution in [2.75, 3.05) is 23.7 Å². The van der Waals surface area contributed by atoms with Gasteiger partial charge in [0.05, 0.1) is 47.6 Å². The fourth-order valence-corrected chi connectivity index (χ4v) is 9.57. The van der Waals surface area contributed by atoms with Crippen LogP contribution in [0.4, 0.5) is 26.4 Å². The van der Waals surface area contributed by atoms with E-state index in [2.05, 4.69) is 60.5 Å². The van der Waals surface area contributed by atoms with Gasteiger partial charge in [-0.3, -0.25) is 18.2 Å². The molecule has 1 aromatic carbocycles. The zero-order chi connectivity index (χ0) is 42.0. The van der Waals surface area contributed by atoms with Crippen LogP contribution in [0.3, 0.4) is 0 Å². The molecule has 1 fully saturated rings. The SMILES string of the molecule is Cc1cc(Nc2nc(Br)cn3c(-c4cnn(C)c4)cnc23)sn1.Cc1cc(Nc2nc(SC3CCN(C(=O)OCc4ccccc4)C3)cn3c(-c4cnn(C)c4)cnc23)sn1. The van der Waals surface area contributed by atoms with Gasteiger partial charge >= 0.3 is 6.09 Å². The Balaban J connectivity index is 0.000000176. The summed E-state index contributed by atoms with van der Waals surface area (Å²) in [5.41, 5.74) is 8.22. The molecule has 1 atom stereocenters. The number of hydrogen-bond acceptors (Lipinski definition) is 15. The van der Waals surface area contributed by atoms with E-state index in [1.807, 2.05) is 129 Å². The molecular formula is C40H38BrN15O2S3. The summed E-state index contributed by atoms with van der Waals surface area (Å²) in [5.74, 6) is 1.34. The Morgan fingerprint density at radius 1 is 0.820 bits per heavy atom. The van der Waals surface area contributed by atoms with E-state index in [0.29, 0.717) is 24.7 Å². The van der Waals surface area contributed by atoms with Gasteiger partial charge in [-0.15, -0.1) is 0 Å². The minimum atomic E-state index is -0.281. The predicted octanol–water partition coefficient (Wildman–Crippen LogP) is 8.54. The average Bonchev–Trinajstić information content (AvgIpc) is 4.10. The second-order valence-corrected chi connectivity index (χ2v) is 18.0. The molecule has 1 aliphatic rings. The molecule has 1 unspecified atom stereocenters. The number of benzene rings is 1. The number of halogens is 1. The van der Waals surface area contributed by atoms with Crippen molar-refractivity contribution in [2.45, 2.75) is 37.2 Å². The molecule has 0 spiro atoms. The van der Waals surface area contributed by atoms with E-state index in [9.17, 15) is 4.79 Å². The van der Waals surface area contributed by atoms with Crippen LogP contribution in [0.25, 0.3) is 33.8 Å². The second-order valence-electron chi connectivity index (χ2n) is 14.2. The van der Waals surface area contributed by atoms with E-state index in [1.165, 1.54) is 23.1 Å². The number of aromatic nitrogens is 12. The summed E-state index contributed by atoms with van der Waals surface area (Å²) in [5, 5.41) is 18.1. The maximum atomic E-state index is 12.7. The Morgan fingerprint density at radius 3 is 1.97 bits per heavy atom. The molecule has 0 aliphatic carbocycles. The lowest BCUT2D eigenvalue weighted by molar-refractivity contribution is 0.104. The smallest absolute Gasteiger partial charge is 0.410 e. The number of fused-ring (bicyclic) bond motifs is 2. The summed E-state index contributed by atoms with van der Waals surface area (Å²) in [6, 6.07) is 13.7. The number of anilines is 4. The first-order chi connectivity index (χ1) is 29.6. The van der Waals surface area contributed by atoms with Crippen molar-refractivity contribution in [2.24, 2.45) is 14.1 Å². The van der Waals surface area contributed by atoms with E-state index in [4.69, 9.17) is 9.72 Å². The van der Waals surface area contributed by atoms with E-state index < -0.39 is 0 Å². The number of carbonyl (C=O) groups excluding carboxylic acids is 1. The number of nitrogens with one attached hydrogen (secondary N) is 2. The Hall–Kier alpha value is -6.16. The number of hydrogen-bond donors (Lipinski definition) is 2. The third-order valence-corrected chi connectivity index (χ3v) is 12.7. The molecule has 0 radical (unpaired) electrons. The Bertz CT molecular complexity index is 2970. The van der Waals surface area contributed by atoms with Crippen molar-refractivity contribution >= 4 is 89.8 Å². The first kappa shape index (κ1) is 40.3. The van der Waals surface area contributed by atoms with Crippen LogP contribution in [-0.2, 0) is 25.4 Å². The van der Waals surface area contributed by atoms with E-state index in [-0.39, 0.29) is 18.0 Å². The van der Waals surface area contributed by atoms with Gasteiger partial charge in [0.1, 0.15) is 26.2 Å². The summed E-state index contributed by atoms with van der Waals surface area (Å²) >= 11 is 7.91. The summed E-state index contributed by atoms with van der Waals surface area (Å²) in [6.07, 6.45) is 15.7. The van der Waals surface area contributed by atoms with Crippen LogP contribution in [0.1, 0.15) is 23.4 Å². The van der Waals surface area contributed by atoms with Gasteiger partial charge in [-0.25, -0.2) is 24.7 Å². The van der Waals surface area contributed by atoms with Crippen LogP contribution in [-0.4, -0.2) is 86.4 Å². The van der Waals surface area contributed by atoms with Gasteiger partial charge in [0, 0.05) is 68.3 Å². The van der Waals surface area contributed by atoms with Crippen LogP contribution in [0.5, 0.6) is 0 Å². The average molecular weight is 937 g/mol. The third-order valence-electron chi connectivity index (χ3n) is 9.57. The minimum Gasteiger partial charge on any atom is -0.445 e. The monoisotopic (exact) mass is 935 g/mol. The van der Waals surface area contributed by atoms with Gasteiger partial charge in [0.15, 0.2) is 22.9 Å². The molecule has 9 heterocycles. The number of ether oxygens (including phenoxy) is 1. The molecule has 0 saturated carbocycles. The van der Waals surface area contributed by atoms with Crippen LogP contribution in [0, 0.1) is 13.8 Å². The number of rotatable bonds is 10. The standard InChI is InChI=1S/C26H26N8O2S2.C14H12BrN7S/c1-17-10-22(38-31-17)29-24-25-27-12-21(19-11-28-32(2)13-19)34(25)15-23(30-24)37-20-8-9-33(14-20)26(35)36-16-18-6-4-3-5-7-18;1-8-3-12(23-20-8)19-13-14-16-5-10(9-4-17-21(2)6-9)22(14)7-11(15)18-13/h3-7,10-13,15,20H,8-9,14,16H2,1-2H3,(H,29,30);3-7H,1-2H3,(H,18,19). The molecule has 8 aromatic heterocycles. The number of thioether (sulfide) groups is 1. The molecule has 1 amide bonds. The molecule has 1 saturated heterocycles. The number of carbonyl (C=O) groups is 1. The van der Waals surface area contributed by atoms with Crippen LogP contribution >= 0.6 is 50.8 Å². The Labute approximate surface area is 370 Å². The molecule has 9 aromatic rings. The fraction of sp³-hybridized carbons (Fsp3) is 0.225. The third kappa shape index (κ3) is 9.14. The Morgan fingerprint density at radius 2 is 1.41 bits per heavy atom. The molecule has 10 rings (SSSR count). The van der Waals surface area contributed by atoms with E-state index in [1.54, 1.807) is 26.0 Å². The highest BCUT2D eigenvalue weighted by Crippen LogP contribution is 2.34. The molecular weight excluding hydrogens is 899 g/mol. The predicted molar refractivity (Wildman–Crippen MR) is 241 cm³/mol. The topological polar surface area (TPSA) is 175 Å². The quantitative estimate of drug-likeness (QED) is 0.134.